The minimum Gasteiger partial charge on any atom is -0.463 e. The van der Waals surface area contributed by atoms with Gasteiger partial charge in [0.1, 0.15) is 0 Å². The van der Waals surface area contributed by atoms with Gasteiger partial charge in [0.25, 0.3) is 0 Å². The van der Waals surface area contributed by atoms with Crippen LogP contribution in [0.5, 0.6) is 0 Å². The number of halogens is 3. The first-order valence-corrected chi connectivity index (χ1v) is 5.42. The maximum atomic E-state index is 12.3. The molecule has 1 atom stereocenters. The summed E-state index contributed by atoms with van der Waals surface area (Å²) in [5, 5.41) is 3.65. The first-order chi connectivity index (χ1) is 7.06. The van der Waals surface area contributed by atoms with Gasteiger partial charge < -0.3 is 10.3 Å². The molecule has 100 valence electrons. The van der Waals surface area contributed by atoms with E-state index in [-0.39, 0.29) is 27.3 Å². The van der Waals surface area contributed by atoms with Crippen molar-refractivity contribution in [3.63, 3.8) is 0 Å². The SMILES string of the molecule is CCCC(=NC(C)(C)C)[N-]C(C)C(F)(F)F.[Ti]. The van der Waals surface area contributed by atoms with E-state index in [1.807, 2.05) is 27.7 Å². The van der Waals surface area contributed by atoms with E-state index in [4.69, 9.17) is 0 Å². The summed E-state index contributed by atoms with van der Waals surface area (Å²) >= 11 is 0. The summed E-state index contributed by atoms with van der Waals surface area (Å²) in [5.41, 5.74) is -0.390. The molecular formula is C11H20F3N2Ti-. The maximum absolute atomic E-state index is 12.3. The Hall–Kier alpha value is -0.0257. The Bertz CT molecular complexity index is 244. The minimum absolute atomic E-state index is 0. The molecule has 0 aromatic rings. The average molecular weight is 285 g/mol. The molecule has 0 aliphatic heterocycles. The molecule has 0 spiro atoms. The van der Waals surface area contributed by atoms with E-state index in [1.165, 1.54) is 0 Å². The minimum atomic E-state index is -4.29. The van der Waals surface area contributed by atoms with Crippen molar-refractivity contribution in [1.82, 2.24) is 0 Å². The van der Waals surface area contributed by atoms with E-state index in [1.54, 1.807) is 0 Å². The molecule has 0 aliphatic rings. The molecule has 0 radical (unpaired) electrons. The van der Waals surface area contributed by atoms with Crippen LogP contribution >= 0.6 is 0 Å². The van der Waals surface area contributed by atoms with E-state index in [0.717, 1.165) is 13.3 Å². The van der Waals surface area contributed by atoms with Gasteiger partial charge in [0.05, 0.1) is 6.04 Å². The molecule has 0 amide bonds. The summed E-state index contributed by atoms with van der Waals surface area (Å²) in [6, 6.07) is -1.68. The van der Waals surface area contributed by atoms with Crippen molar-refractivity contribution in [3.8, 4) is 0 Å². The van der Waals surface area contributed by atoms with E-state index < -0.39 is 12.2 Å². The van der Waals surface area contributed by atoms with Gasteiger partial charge in [-0.05, 0) is 12.0 Å². The molecule has 1 unspecified atom stereocenters. The first kappa shape index (κ1) is 19.3. The van der Waals surface area contributed by atoms with Crippen molar-refractivity contribution in [1.29, 1.82) is 0 Å². The molecule has 17 heavy (non-hydrogen) atoms. The Labute approximate surface area is 116 Å². The first-order valence-electron chi connectivity index (χ1n) is 5.42. The van der Waals surface area contributed by atoms with Crippen molar-refractivity contribution in [3.05, 3.63) is 5.32 Å². The molecule has 0 fully saturated rings. The van der Waals surface area contributed by atoms with Crippen LogP contribution < -0.4 is 0 Å². The van der Waals surface area contributed by atoms with Gasteiger partial charge in [-0.15, -0.1) is 0 Å². The van der Waals surface area contributed by atoms with Gasteiger partial charge in [-0.2, -0.15) is 13.2 Å². The van der Waals surface area contributed by atoms with Crippen LogP contribution in [0.4, 0.5) is 13.2 Å². The molecule has 0 bridgehead atoms. The van der Waals surface area contributed by atoms with Crippen molar-refractivity contribution in [2.45, 2.75) is 65.2 Å². The average Bonchev–Trinajstić information content (AvgIpc) is 1.99. The maximum Gasteiger partial charge on any atom is 0.390 e. The Morgan fingerprint density at radius 2 is 1.71 bits per heavy atom. The Balaban J connectivity index is 0. The molecule has 0 aliphatic carbocycles. The van der Waals surface area contributed by atoms with Crippen LogP contribution in [0.1, 0.15) is 47.5 Å². The molecule has 0 saturated heterocycles. The Morgan fingerprint density at radius 1 is 1.24 bits per heavy atom. The van der Waals surface area contributed by atoms with Gasteiger partial charge in [-0.25, -0.2) is 0 Å². The van der Waals surface area contributed by atoms with Crippen LogP contribution in [0.2, 0.25) is 0 Å². The zero-order chi connectivity index (χ0) is 13.0. The quantitative estimate of drug-likeness (QED) is 0.420. The smallest absolute Gasteiger partial charge is 0.390 e. The molecular weight excluding hydrogens is 265 g/mol. The fourth-order valence-corrected chi connectivity index (χ4v) is 1.06. The number of amidine groups is 1. The van der Waals surface area contributed by atoms with E-state index in [0.29, 0.717) is 12.3 Å². The van der Waals surface area contributed by atoms with E-state index in [2.05, 4.69) is 10.3 Å². The van der Waals surface area contributed by atoms with Crippen molar-refractivity contribution in [2.24, 2.45) is 4.99 Å². The molecule has 2 nitrogen and oxygen atoms in total. The fraction of sp³-hybridized carbons (Fsp3) is 0.909. The van der Waals surface area contributed by atoms with Gasteiger partial charge >= 0.3 is 6.18 Å². The summed E-state index contributed by atoms with van der Waals surface area (Å²) < 4.78 is 37.0. The predicted octanol–water partition coefficient (Wildman–Crippen LogP) is 4.31. The van der Waals surface area contributed by atoms with Crippen LogP contribution in [0.3, 0.4) is 0 Å². The summed E-state index contributed by atoms with van der Waals surface area (Å²) in [4.78, 5) is 4.20. The van der Waals surface area contributed by atoms with Gasteiger partial charge in [-0.3, -0.25) is 0 Å². The van der Waals surface area contributed by atoms with Crippen LogP contribution in [0, 0.1) is 0 Å². The largest absolute Gasteiger partial charge is 0.463 e. The van der Waals surface area contributed by atoms with Crippen molar-refractivity contribution in [2.75, 3.05) is 0 Å². The standard InChI is InChI=1S/C11H20F3N2.Ti/c1-6-7-9(16-10(3,4)5)15-8(2)11(12,13)14;/h8H,6-7H2,1-5H3;/q-1;. The second-order valence-corrected chi connectivity index (χ2v) is 4.80. The summed E-state index contributed by atoms with van der Waals surface area (Å²) in [5.74, 6) is 0.305. The van der Waals surface area contributed by atoms with E-state index >= 15 is 0 Å². The molecule has 6 heteroatoms. The topological polar surface area (TPSA) is 26.5 Å². The third-order valence-electron chi connectivity index (χ3n) is 1.75. The number of nitrogens with zero attached hydrogens (tertiary/aromatic N) is 2. The van der Waals surface area contributed by atoms with Crippen LogP contribution in [0.15, 0.2) is 4.99 Å². The summed E-state index contributed by atoms with van der Waals surface area (Å²) in [7, 11) is 0. The Morgan fingerprint density at radius 3 is 2.00 bits per heavy atom. The zero-order valence-corrected chi connectivity index (χ0v) is 12.6. The Kier molecular flexibility index (Phi) is 8.43. The predicted molar refractivity (Wildman–Crippen MR) is 61.0 cm³/mol. The zero-order valence-electron chi connectivity index (χ0n) is 11.0. The molecule has 0 N–H and O–H groups in total. The van der Waals surface area contributed by atoms with Gasteiger partial charge in [0.2, 0.25) is 0 Å². The molecule has 0 rings (SSSR count). The summed E-state index contributed by atoms with van der Waals surface area (Å²) in [6.07, 6.45) is -3.06. The van der Waals surface area contributed by atoms with Crippen LogP contribution in [0.25, 0.3) is 5.32 Å². The van der Waals surface area contributed by atoms with Crippen molar-refractivity contribution >= 4 is 5.84 Å². The molecule has 0 aromatic carbocycles. The monoisotopic (exact) mass is 285 g/mol. The molecule has 0 aromatic heterocycles. The second-order valence-electron chi connectivity index (χ2n) is 4.80. The number of rotatable bonds is 3. The third-order valence-corrected chi connectivity index (χ3v) is 1.75. The van der Waals surface area contributed by atoms with Crippen molar-refractivity contribution < 1.29 is 34.9 Å². The third kappa shape index (κ3) is 9.66. The van der Waals surface area contributed by atoms with E-state index in [9.17, 15) is 13.2 Å². The number of aliphatic imine (C=N–C) groups is 1. The summed E-state index contributed by atoms with van der Waals surface area (Å²) in [6.45, 7) is 8.48. The van der Waals surface area contributed by atoms with Gasteiger partial charge in [-0.1, -0.05) is 46.9 Å². The molecule has 0 saturated carbocycles. The van der Waals surface area contributed by atoms with Gasteiger partial charge in [0.15, 0.2) is 0 Å². The molecule has 0 heterocycles. The second kappa shape index (κ2) is 7.42. The van der Waals surface area contributed by atoms with Crippen LogP contribution in [-0.4, -0.2) is 23.6 Å². The normalized spacial score (nSPS) is 15.2. The number of alkyl halides is 3. The number of hydrogen-bond donors (Lipinski definition) is 0. The number of hydrogen-bond acceptors (Lipinski definition) is 1. The van der Waals surface area contributed by atoms with Crippen LogP contribution in [-0.2, 0) is 21.7 Å². The fourth-order valence-electron chi connectivity index (χ4n) is 1.06. The van der Waals surface area contributed by atoms with Gasteiger partial charge in [0, 0.05) is 21.7 Å².